The summed E-state index contributed by atoms with van der Waals surface area (Å²) < 4.78 is 6.83. The number of halogens is 1. The molecule has 0 aliphatic heterocycles. The van der Waals surface area contributed by atoms with E-state index in [4.69, 9.17) is 4.42 Å². The maximum Gasteiger partial charge on any atom is 0.211 e. The van der Waals surface area contributed by atoms with Crippen molar-refractivity contribution in [2.24, 2.45) is 0 Å². The molecule has 0 bridgehead atoms. The van der Waals surface area contributed by atoms with Crippen molar-refractivity contribution in [2.45, 2.75) is 26.3 Å². The molecule has 0 aromatic carbocycles. The third kappa shape index (κ3) is 2.97. The second-order valence-corrected chi connectivity index (χ2v) is 5.61. The van der Waals surface area contributed by atoms with E-state index in [1.807, 2.05) is 11.4 Å². The quantitative estimate of drug-likeness (QED) is 0.897. The highest BCUT2D eigenvalue weighted by Gasteiger charge is 2.14. The maximum atomic E-state index is 5.77. The van der Waals surface area contributed by atoms with Crippen LogP contribution in [-0.4, -0.2) is 11.5 Å². The largest absolute Gasteiger partial charge is 0.438 e. The van der Waals surface area contributed by atoms with Crippen LogP contribution < -0.4 is 5.32 Å². The number of rotatable bonds is 5. The summed E-state index contributed by atoms with van der Waals surface area (Å²) in [5.41, 5.74) is 0. The van der Waals surface area contributed by atoms with Gasteiger partial charge in [0.25, 0.3) is 0 Å². The Balaban J connectivity index is 2.13. The van der Waals surface area contributed by atoms with Crippen molar-refractivity contribution in [1.29, 1.82) is 0 Å². The molecule has 5 heteroatoms. The van der Waals surface area contributed by atoms with Crippen molar-refractivity contribution < 1.29 is 4.42 Å². The summed E-state index contributed by atoms with van der Waals surface area (Å²) in [7, 11) is 0. The standard InChI is InChI=1S/C12H15BrN2OS/c1-3-5-14-8(2)12-15-7-10(16-12)11-9(13)4-6-17-11/h4,6-8,14H,3,5H2,1-2H3. The second-order valence-electron chi connectivity index (χ2n) is 3.84. The molecule has 0 saturated carbocycles. The van der Waals surface area contributed by atoms with Gasteiger partial charge in [0.2, 0.25) is 5.89 Å². The van der Waals surface area contributed by atoms with Crippen LogP contribution in [0.2, 0.25) is 0 Å². The molecule has 0 amide bonds. The highest BCUT2D eigenvalue weighted by atomic mass is 79.9. The van der Waals surface area contributed by atoms with Gasteiger partial charge < -0.3 is 9.73 Å². The van der Waals surface area contributed by atoms with Gasteiger partial charge in [-0.2, -0.15) is 0 Å². The van der Waals surface area contributed by atoms with E-state index in [2.05, 4.69) is 40.1 Å². The highest BCUT2D eigenvalue weighted by molar-refractivity contribution is 9.10. The summed E-state index contributed by atoms with van der Waals surface area (Å²) in [6.07, 6.45) is 2.89. The van der Waals surface area contributed by atoms with Gasteiger partial charge in [-0.1, -0.05) is 6.92 Å². The minimum absolute atomic E-state index is 0.155. The van der Waals surface area contributed by atoms with Crippen LogP contribution in [0.3, 0.4) is 0 Å². The van der Waals surface area contributed by atoms with Gasteiger partial charge in [0.1, 0.15) is 0 Å². The number of nitrogens with zero attached hydrogens (tertiary/aromatic N) is 1. The predicted octanol–water partition coefficient (Wildman–Crippen LogP) is 4.23. The Morgan fingerprint density at radius 1 is 1.59 bits per heavy atom. The van der Waals surface area contributed by atoms with Gasteiger partial charge in [0.15, 0.2) is 5.76 Å². The van der Waals surface area contributed by atoms with Gasteiger partial charge in [-0.05, 0) is 47.3 Å². The first-order valence-electron chi connectivity index (χ1n) is 5.64. The van der Waals surface area contributed by atoms with Crippen molar-refractivity contribution in [3.8, 4) is 10.6 Å². The number of aromatic nitrogens is 1. The van der Waals surface area contributed by atoms with Crippen molar-refractivity contribution in [3.05, 3.63) is 28.0 Å². The Morgan fingerprint density at radius 3 is 3.06 bits per heavy atom. The van der Waals surface area contributed by atoms with Gasteiger partial charge >= 0.3 is 0 Å². The zero-order valence-corrected chi connectivity index (χ0v) is 12.3. The summed E-state index contributed by atoms with van der Waals surface area (Å²) >= 11 is 5.14. The summed E-state index contributed by atoms with van der Waals surface area (Å²) in [4.78, 5) is 5.41. The summed E-state index contributed by atoms with van der Waals surface area (Å²) in [6, 6.07) is 2.17. The van der Waals surface area contributed by atoms with Gasteiger partial charge in [0.05, 0.1) is 17.1 Å². The molecule has 0 aliphatic carbocycles. The fraction of sp³-hybridized carbons (Fsp3) is 0.417. The van der Waals surface area contributed by atoms with Gasteiger partial charge in [-0.25, -0.2) is 4.98 Å². The first-order valence-corrected chi connectivity index (χ1v) is 7.32. The van der Waals surface area contributed by atoms with Gasteiger partial charge in [-0.15, -0.1) is 11.3 Å². The van der Waals surface area contributed by atoms with Crippen LogP contribution in [0.15, 0.2) is 26.5 Å². The average molecular weight is 315 g/mol. The lowest BCUT2D eigenvalue weighted by molar-refractivity contribution is 0.423. The third-order valence-corrected chi connectivity index (χ3v) is 4.29. The molecule has 1 unspecified atom stereocenters. The van der Waals surface area contributed by atoms with Crippen molar-refractivity contribution >= 4 is 27.3 Å². The average Bonchev–Trinajstić information content (AvgIpc) is 2.93. The Morgan fingerprint density at radius 2 is 2.41 bits per heavy atom. The van der Waals surface area contributed by atoms with E-state index >= 15 is 0 Å². The first-order chi connectivity index (χ1) is 8.22. The number of nitrogens with one attached hydrogen (secondary N) is 1. The summed E-state index contributed by atoms with van der Waals surface area (Å²) in [5.74, 6) is 1.57. The lowest BCUT2D eigenvalue weighted by Gasteiger charge is -2.08. The maximum absolute atomic E-state index is 5.77. The molecule has 92 valence electrons. The third-order valence-electron chi connectivity index (χ3n) is 2.44. The Hall–Kier alpha value is -0.650. The van der Waals surface area contributed by atoms with E-state index in [-0.39, 0.29) is 6.04 Å². The SMILES string of the molecule is CCCNC(C)c1ncc(-c2sccc2Br)o1. The van der Waals surface area contributed by atoms with E-state index in [9.17, 15) is 0 Å². The lowest BCUT2D eigenvalue weighted by atomic mass is 10.3. The van der Waals surface area contributed by atoms with Crippen molar-refractivity contribution in [2.75, 3.05) is 6.54 Å². The van der Waals surface area contributed by atoms with E-state index in [1.165, 1.54) is 0 Å². The molecule has 1 atom stereocenters. The molecule has 0 saturated heterocycles. The van der Waals surface area contributed by atoms with Crippen LogP contribution >= 0.6 is 27.3 Å². The van der Waals surface area contributed by atoms with Crippen LogP contribution in [0.5, 0.6) is 0 Å². The molecule has 2 heterocycles. The molecule has 0 radical (unpaired) electrons. The molecule has 3 nitrogen and oxygen atoms in total. The topological polar surface area (TPSA) is 38.1 Å². The molecule has 1 N–H and O–H groups in total. The highest BCUT2D eigenvalue weighted by Crippen LogP contribution is 2.34. The molecule has 0 fully saturated rings. The number of oxazole rings is 1. The van der Waals surface area contributed by atoms with E-state index < -0.39 is 0 Å². The van der Waals surface area contributed by atoms with E-state index in [1.54, 1.807) is 17.5 Å². The van der Waals surface area contributed by atoms with Crippen LogP contribution in [0.1, 0.15) is 32.2 Å². The van der Waals surface area contributed by atoms with Crippen LogP contribution in [-0.2, 0) is 0 Å². The monoisotopic (exact) mass is 314 g/mol. The molecular formula is C12H15BrN2OS. The fourth-order valence-electron chi connectivity index (χ4n) is 1.51. The van der Waals surface area contributed by atoms with Gasteiger partial charge in [0, 0.05) is 4.47 Å². The molecular weight excluding hydrogens is 300 g/mol. The smallest absolute Gasteiger partial charge is 0.211 e. The molecule has 0 spiro atoms. The summed E-state index contributed by atoms with van der Waals surface area (Å²) in [5, 5.41) is 5.39. The second kappa shape index (κ2) is 5.80. The minimum Gasteiger partial charge on any atom is -0.438 e. The zero-order chi connectivity index (χ0) is 12.3. The number of thiophene rings is 1. The number of hydrogen-bond acceptors (Lipinski definition) is 4. The molecule has 17 heavy (non-hydrogen) atoms. The van der Waals surface area contributed by atoms with E-state index in [0.717, 1.165) is 34.0 Å². The van der Waals surface area contributed by atoms with Gasteiger partial charge in [-0.3, -0.25) is 0 Å². The first kappa shape index (κ1) is 12.8. The Labute approximate surface area is 113 Å². The zero-order valence-electron chi connectivity index (χ0n) is 9.87. The minimum atomic E-state index is 0.155. The van der Waals surface area contributed by atoms with Crippen molar-refractivity contribution in [1.82, 2.24) is 10.3 Å². The van der Waals surface area contributed by atoms with Crippen LogP contribution in [0.25, 0.3) is 10.6 Å². The van der Waals surface area contributed by atoms with E-state index in [0.29, 0.717) is 0 Å². The lowest BCUT2D eigenvalue weighted by Crippen LogP contribution is -2.19. The van der Waals surface area contributed by atoms with Crippen molar-refractivity contribution in [3.63, 3.8) is 0 Å². The number of hydrogen-bond donors (Lipinski definition) is 1. The Bertz CT molecular complexity index is 480. The van der Waals surface area contributed by atoms with Crippen LogP contribution in [0, 0.1) is 0 Å². The Kier molecular flexibility index (Phi) is 4.36. The molecule has 2 rings (SSSR count). The molecule has 2 aromatic heterocycles. The predicted molar refractivity (Wildman–Crippen MR) is 74.2 cm³/mol. The molecule has 2 aromatic rings. The fourth-order valence-corrected chi connectivity index (χ4v) is 3.02. The van der Waals surface area contributed by atoms with Crippen LogP contribution in [0.4, 0.5) is 0 Å². The normalized spacial score (nSPS) is 12.9. The molecule has 0 aliphatic rings. The summed E-state index contributed by atoms with van der Waals surface area (Å²) in [6.45, 7) is 5.18.